The Labute approximate surface area is 365 Å². The van der Waals surface area contributed by atoms with Crippen LogP contribution in [0.4, 0.5) is 11.6 Å². The number of carbonyl (C=O) groups excluding carboxylic acids is 3. The number of anilines is 2. The smallest absolute Gasteiger partial charge is 0.255 e. The lowest BCUT2D eigenvalue weighted by Crippen LogP contribution is -2.38. The minimum Gasteiger partial charge on any atom is -0.494 e. The van der Waals surface area contributed by atoms with Gasteiger partial charge in [0.2, 0.25) is 5.95 Å². The summed E-state index contributed by atoms with van der Waals surface area (Å²) < 4.78 is 12.2. The van der Waals surface area contributed by atoms with Crippen LogP contribution >= 0.6 is 0 Å². The van der Waals surface area contributed by atoms with Crippen molar-refractivity contribution in [2.75, 3.05) is 44.0 Å². The summed E-state index contributed by atoms with van der Waals surface area (Å²) in [5, 5.41) is 3.40. The third-order valence-electron chi connectivity index (χ3n) is 11.5. The average molecular weight is 832 g/mol. The molecule has 0 spiro atoms. The standard InChI is InChI=1S/C51H69N5O5/c1-7-9-22-45(38-58)56(6)49(59)48-36-43(28-24-40(48)37-57)52-33-18-16-14-12-10-11-13-15-17-19-35-60-46-23-20-21-41(25-29-46)51(3,4)42-26-30-47(31-27-42)61-39-44-32-34-53-50(54-44)55(5)8-2/h7,21,23-32,34,36-38,45,52H,1,8-20,22,33,35,39H2,2-6H3. The summed E-state index contributed by atoms with van der Waals surface area (Å²) in [6.07, 6.45) is 27.6. The molecular weight excluding hydrogens is 763 g/mol. The molecule has 0 bridgehead atoms. The largest absolute Gasteiger partial charge is 0.494 e. The molecule has 1 aromatic heterocycles. The van der Waals surface area contributed by atoms with Gasteiger partial charge in [-0.3, -0.25) is 9.59 Å². The number of aldehydes is 2. The maximum absolute atomic E-state index is 13.2. The van der Waals surface area contributed by atoms with Gasteiger partial charge in [0.05, 0.1) is 23.9 Å². The molecule has 61 heavy (non-hydrogen) atoms. The van der Waals surface area contributed by atoms with Crippen molar-refractivity contribution in [2.45, 2.75) is 122 Å². The monoisotopic (exact) mass is 832 g/mol. The van der Waals surface area contributed by atoms with E-state index in [4.69, 9.17) is 9.47 Å². The molecule has 10 nitrogen and oxygen atoms in total. The molecule has 0 fully saturated rings. The summed E-state index contributed by atoms with van der Waals surface area (Å²) >= 11 is 0. The first kappa shape index (κ1) is 48.2. The quantitative estimate of drug-likeness (QED) is 0.0415. The Morgan fingerprint density at radius 3 is 2.28 bits per heavy atom. The first-order valence-corrected chi connectivity index (χ1v) is 22.3. The van der Waals surface area contributed by atoms with Crippen LogP contribution < -0.4 is 15.0 Å². The van der Waals surface area contributed by atoms with Gasteiger partial charge in [0, 0.05) is 50.0 Å². The number of hydrogen-bond donors (Lipinski definition) is 1. The number of unbranched alkanes of at least 4 members (excludes halogenated alkanes) is 9. The van der Waals surface area contributed by atoms with Crippen molar-refractivity contribution >= 4 is 30.1 Å². The predicted molar refractivity (Wildman–Crippen MR) is 249 cm³/mol. The fraction of sp³-hybridized carbons (Fsp3) is 0.471. The minimum atomic E-state index is -0.565. The fourth-order valence-electron chi connectivity index (χ4n) is 7.26. The molecule has 1 heterocycles. The molecule has 0 aliphatic heterocycles. The van der Waals surface area contributed by atoms with E-state index in [1.807, 2.05) is 36.2 Å². The van der Waals surface area contributed by atoms with Crippen LogP contribution in [-0.2, 0) is 21.6 Å². The predicted octanol–water partition coefficient (Wildman–Crippen LogP) is 11.0. The van der Waals surface area contributed by atoms with Gasteiger partial charge in [-0.15, -0.1) is 6.58 Å². The number of allylic oxidation sites excluding steroid dienone is 6. The Bertz CT molecular complexity index is 1940. The van der Waals surface area contributed by atoms with Gasteiger partial charge in [-0.25, -0.2) is 9.97 Å². The lowest BCUT2D eigenvalue weighted by atomic mass is 9.77. The molecule has 328 valence electrons. The van der Waals surface area contributed by atoms with Crippen molar-refractivity contribution in [3.8, 4) is 5.75 Å². The van der Waals surface area contributed by atoms with Gasteiger partial charge in [-0.1, -0.05) is 95.6 Å². The molecule has 1 amide bonds. The highest BCUT2D eigenvalue weighted by atomic mass is 16.5. The van der Waals surface area contributed by atoms with Crippen LogP contribution in [0.15, 0.2) is 103 Å². The van der Waals surface area contributed by atoms with Crippen molar-refractivity contribution in [3.05, 3.63) is 125 Å². The first-order chi connectivity index (χ1) is 29.6. The average Bonchev–Trinajstić information content (AvgIpc) is 3.54. The highest BCUT2D eigenvalue weighted by molar-refractivity contribution is 6.03. The van der Waals surface area contributed by atoms with Crippen molar-refractivity contribution in [1.29, 1.82) is 0 Å². The lowest BCUT2D eigenvalue weighted by Gasteiger charge is -2.27. The second-order valence-corrected chi connectivity index (χ2v) is 16.4. The Morgan fingerprint density at radius 1 is 0.902 bits per heavy atom. The van der Waals surface area contributed by atoms with E-state index < -0.39 is 6.04 Å². The molecule has 0 saturated carbocycles. The highest BCUT2D eigenvalue weighted by Gasteiger charge is 2.25. The van der Waals surface area contributed by atoms with Crippen LogP contribution in [0, 0.1) is 0 Å². The number of nitrogens with one attached hydrogen (secondary N) is 1. The van der Waals surface area contributed by atoms with Gasteiger partial charge >= 0.3 is 0 Å². The number of rotatable bonds is 29. The van der Waals surface area contributed by atoms with E-state index in [-0.39, 0.29) is 11.3 Å². The number of benzene rings is 2. The summed E-state index contributed by atoms with van der Waals surface area (Å²) in [7, 11) is 3.58. The molecule has 10 heteroatoms. The zero-order valence-electron chi connectivity index (χ0n) is 37.4. The van der Waals surface area contributed by atoms with E-state index in [0.717, 1.165) is 74.6 Å². The molecule has 1 atom stereocenters. The molecule has 3 aromatic rings. The number of carbonyl (C=O) groups is 3. The van der Waals surface area contributed by atoms with Gasteiger partial charge in [0.1, 0.15) is 24.4 Å². The number of likely N-dealkylation sites (N-methyl/N-ethyl adjacent to an activating group) is 1. The fourth-order valence-corrected chi connectivity index (χ4v) is 7.26. The topological polar surface area (TPSA) is 114 Å². The summed E-state index contributed by atoms with van der Waals surface area (Å²) in [5.41, 5.74) is 4.59. The molecule has 0 radical (unpaired) electrons. The molecule has 1 aliphatic carbocycles. The van der Waals surface area contributed by atoms with Crippen molar-refractivity contribution < 1.29 is 23.9 Å². The van der Waals surface area contributed by atoms with E-state index in [2.05, 4.69) is 79.1 Å². The van der Waals surface area contributed by atoms with Crippen molar-refractivity contribution in [1.82, 2.24) is 14.9 Å². The first-order valence-electron chi connectivity index (χ1n) is 22.3. The second-order valence-electron chi connectivity index (χ2n) is 16.4. The number of hydrogen-bond acceptors (Lipinski definition) is 9. The Hall–Kier alpha value is -5.51. The van der Waals surface area contributed by atoms with Crippen LogP contribution in [0.3, 0.4) is 0 Å². The minimum absolute atomic E-state index is 0.170. The van der Waals surface area contributed by atoms with Gasteiger partial charge in [-0.05, 0) is 98.7 Å². The van der Waals surface area contributed by atoms with E-state index >= 15 is 0 Å². The number of amides is 1. The summed E-state index contributed by atoms with van der Waals surface area (Å²) in [5.74, 6) is 2.12. The maximum Gasteiger partial charge on any atom is 0.255 e. The van der Waals surface area contributed by atoms with E-state index in [0.29, 0.717) is 42.8 Å². The molecule has 4 rings (SSSR count). The summed E-state index contributed by atoms with van der Waals surface area (Å²) in [6, 6.07) is 14.9. The molecule has 2 aromatic carbocycles. The van der Waals surface area contributed by atoms with Crippen LogP contribution in [-0.4, -0.2) is 73.2 Å². The zero-order chi connectivity index (χ0) is 43.9. The Kier molecular flexibility index (Phi) is 20.5. The van der Waals surface area contributed by atoms with Gasteiger partial charge in [-0.2, -0.15) is 0 Å². The molecular formula is C51H69N5O5. The molecule has 0 saturated heterocycles. The van der Waals surface area contributed by atoms with Crippen LogP contribution in [0.1, 0.15) is 136 Å². The van der Waals surface area contributed by atoms with Crippen LogP contribution in [0.25, 0.3) is 0 Å². The maximum atomic E-state index is 13.2. The Morgan fingerprint density at radius 2 is 1.61 bits per heavy atom. The van der Waals surface area contributed by atoms with E-state index in [1.165, 1.54) is 61.0 Å². The molecule has 1 aliphatic rings. The third kappa shape index (κ3) is 15.5. The number of nitrogens with zero attached hydrogens (tertiary/aromatic N) is 4. The van der Waals surface area contributed by atoms with Crippen LogP contribution in [0.5, 0.6) is 5.75 Å². The highest BCUT2D eigenvalue weighted by Crippen LogP contribution is 2.35. The van der Waals surface area contributed by atoms with Gasteiger partial charge < -0.3 is 29.4 Å². The number of ether oxygens (including phenoxy) is 2. The van der Waals surface area contributed by atoms with Crippen molar-refractivity contribution in [3.63, 3.8) is 0 Å². The third-order valence-corrected chi connectivity index (χ3v) is 11.5. The van der Waals surface area contributed by atoms with Crippen LogP contribution in [0.2, 0.25) is 0 Å². The molecule has 1 N–H and O–H groups in total. The van der Waals surface area contributed by atoms with E-state index in [9.17, 15) is 14.4 Å². The molecule has 1 unspecified atom stereocenters. The normalized spacial score (nSPS) is 13.0. The lowest BCUT2D eigenvalue weighted by molar-refractivity contribution is -0.111. The SMILES string of the molecule is C=CCCC(C=O)N(C)C(=O)c1cc(NCCCCCCCCCCCCOC2=CCC=C(C(C)(C)c3ccc(OCc4ccnc(N(C)CC)n4)cc3)C=C2)ccc1C=O. The zero-order valence-corrected chi connectivity index (χ0v) is 37.4. The van der Waals surface area contributed by atoms with E-state index in [1.54, 1.807) is 31.5 Å². The van der Waals surface area contributed by atoms with Gasteiger partial charge in [0.25, 0.3) is 5.91 Å². The summed E-state index contributed by atoms with van der Waals surface area (Å²) in [6.45, 7) is 13.1. The van der Waals surface area contributed by atoms with Crippen molar-refractivity contribution in [2.24, 2.45) is 0 Å². The van der Waals surface area contributed by atoms with Gasteiger partial charge in [0.15, 0.2) is 6.29 Å². The summed E-state index contributed by atoms with van der Waals surface area (Å²) in [4.78, 5) is 48.8. The Balaban J connectivity index is 1.04. The second kappa shape index (κ2) is 26.0. The number of aromatic nitrogens is 2.